The van der Waals surface area contributed by atoms with Crippen LogP contribution in [0.2, 0.25) is 0 Å². The number of carbonyl (C=O) groups is 2. The van der Waals surface area contributed by atoms with Gasteiger partial charge in [0.15, 0.2) is 0 Å². The summed E-state index contributed by atoms with van der Waals surface area (Å²) in [6.45, 7) is 4.88. The Labute approximate surface area is 473 Å². The fourth-order valence-electron chi connectivity index (χ4n) is 10.1. The number of aliphatic hydroxyl groups excluding tert-OH is 2. The summed E-state index contributed by atoms with van der Waals surface area (Å²) in [5.74, 6) is -0.0689. The van der Waals surface area contributed by atoms with Crippen molar-refractivity contribution in [2.24, 2.45) is 0 Å². The SMILES string of the molecule is CCCCCC/C=C\C/C=C\CCCCCCCC(=O)OCCCCCCCCCCC/C=C\C/C=C\CCCCCCCCCCCCCCCCCC(=O)NC(CO)C(O)/C=C/CCCCCCCCCCCC. The Morgan fingerprint density at radius 3 is 1.01 bits per heavy atom. The number of ether oxygens (including phenoxy) is 1. The topological polar surface area (TPSA) is 95.9 Å². The van der Waals surface area contributed by atoms with Crippen LogP contribution in [0, 0.1) is 0 Å². The van der Waals surface area contributed by atoms with Gasteiger partial charge < -0.3 is 20.3 Å². The van der Waals surface area contributed by atoms with Crippen LogP contribution in [0.3, 0.4) is 0 Å². The zero-order chi connectivity index (χ0) is 55.0. The molecule has 0 spiro atoms. The van der Waals surface area contributed by atoms with E-state index < -0.39 is 12.1 Å². The molecule has 0 fully saturated rings. The molecule has 0 aliphatic carbocycles. The molecule has 0 aromatic rings. The van der Waals surface area contributed by atoms with E-state index in [0.29, 0.717) is 19.4 Å². The second-order valence-corrected chi connectivity index (χ2v) is 22.8. The van der Waals surface area contributed by atoms with E-state index in [9.17, 15) is 19.8 Å². The van der Waals surface area contributed by atoms with E-state index >= 15 is 0 Å². The van der Waals surface area contributed by atoms with Gasteiger partial charge in [0.25, 0.3) is 0 Å². The van der Waals surface area contributed by atoms with E-state index in [-0.39, 0.29) is 18.5 Å². The van der Waals surface area contributed by atoms with Gasteiger partial charge in [0.2, 0.25) is 5.91 Å². The molecule has 0 rings (SSSR count). The first-order chi connectivity index (χ1) is 37.5. The summed E-state index contributed by atoms with van der Waals surface area (Å²) >= 11 is 0. The van der Waals surface area contributed by atoms with Gasteiger partial charge in [0.05, 0.1) is 25.4 Å². The number of carbonyl (C=O) groups excluding carboxylic acids is 2. The van der Waals surface area contributed by atoms with Crippen LogP contribution >= 0.6 is 0 Å². The molecule has 0 saturated heterocycles. The maximum Gasteiger partial charge on any atom is 0.305 e. The van der Waals surface area contributed by atoms with Gasteiger partial charge >= 0.3 is 5.97 Å². The van der Waals surface area contributed by atoms with Crippen molar-refractivity contribution in [1.82, 2.24) is 5.32 Å². The lowest BCUT2D eigenvalue weighted by Gasteiger charge is -2.20. The lowest BCUT2D eigenvalue weighted by Crippen LogP contribution is -2.45. The number of hydrogen-bond donors (Lipinski definition) is 3. The maximum absolute atomic E-state index is 12.4. The normalized spacial score (nSPS) is 12.9. The molecule has 0 saturated carbocycles. The standard InChI is InChI=1S/C70H129NO5/c1-3-5-7-9-11-13-15-17-18-37-40-44-48-52-56-60-64-70(75)76-65-61-57-53-49-45-41-38-35-33-31-29-27-25-23-21-19-20-22-24-26-28-30-32-34-36-39-43-47-51-55-59-63-69(74)71-67(66-72)68(73)62-58-54-50-46-42-16-14-12-10-8-6-4-2/h13,15,18,21,23,27,29,37,58,62,67-68,72-73H,3-12,14,16-17,19-20,22,24-26,28,30-36,38-57,59-61,63-66H2,1-2H3,(H,71,74)/b15-13-,23-21-,29-27-,37-18-,62-58+. The van der Waals surface area contributed by atoms with Crippen molar-refractivity contribution >= 4 is 11.9 Å². The smallest absolute Gasteiger partial charge is 0.305 e. The van der Waals surface area contributed by atoms with Gasteiger partial charge in [-0.2, -0.15) is 0 Å². The zero-order valence-corrected chi connectivity index (χ0v) is 50.7. The molecule has 0 aromatic heterocycles. The lowest BCUT2D eigenvalue weighted by molar-refractivity contribution is -0.143. The summed E-state index contributed by atoms with van der Waals surface area (Å²) in [6, 6.07) is -0.627. The number of hydrogen-bond acceptors (Lipinski definition) is 5. The highest BCUT2D eigenvalue weighted by atomic mass is 16.5. The highest BCUT2D eigenvalue weighted by molar-refractivity contribution is 5.76. The quantitative estimate of drug-likeness (QED) is 0.0320. The van der Waals surface area contributed by atoms with E-state index in [1.165, 1.54) is 263 Å². The van der Waals surface area contributed by atoms with Gasteiger partial charge in [-0.05, 0) is 96.3 Å². The highest BCUT2D eigenvalue weighted by Crippen LogP contribution is 2.17. The molecule has 2 atom stereocenters. The third-order valence-corrected chi connectivity index (χ3v) is 15.3. The first-order valence-electron chi connectivity index (χ1n) is 33.6. The largest absolute Gasteiger partial charge is 0.466 e. The predicted molar refractivity (Wildman–Crippen MR) is 333 cm³/mol. The monoisotopic (exact) mass is 1060 g/mol. The average molecular weight is 1060 g/mol. The van der Waals surface area contributed by atoms with Gasteiger partial charge in [-0.3, -0.25) is 9.59 Å². The van der Waals surface area contributed by atoms with Crippen LogP contribution in [0.5, 0.6) is 0 Å². The number of rotatable bonds is 62. The number of aliphatic hydroxyl groups is 2. The second-order valence-electron chi connectivity index (χ2n) is 22.8. The first-order valence-corrected chi connectivity index (χ1v) is 33.6. The van der Waals surface area contributed by atoms with Crippen molar-refractivity contribution in [3.63, 3.8) is 0 Å². The van der Waals surface area contributed by atoms with E-state index in [4.69, 9.17) is 4.74 Å². The molecular weight excluding hydrogens is 935 g/mol. The molecule has 0 aromatic carbocycles. The van der Waals surface area contributed by atoms with Crippen molar-refractivity contribution in [3.8, 4) is 0 Å². The highest BCUT2D eigenvalue weighted by Gasteiger charge is 2.18. The summed E-state index contributed by atoms with van der Waals surface area (Å²) in [6.07, 6.45) is 85.8. The summed E-state index contributed by atoms with van der Waals surface area (Å²) in [4.78, 5) is 24.5. The summed E-state index contributed by atoms with van der Waals surface area (Å²) < 4.78 is 5.48. The minimum Gasteiger partial charge on any atom is -0.466 e. The number of unbranched alkanes of at least 4 members (excludes halogenated alkanes) is 43. The van der Waals surface area contributed by atoms with Gasteiger partial charge in [-0.25, -0.2) is 0 Å². The Morgan fingerprint density at radius 1 is 0.368 bits per heavy atom. The third kappa shape index (κ3) is 60.8. The number of esters is 1. The zero-order valence-electron chi connectivity index (χ0n) is 50.7. The Morgan fingerprint density at radius 2 is 0.658 bits per heavy atom. The molecule has 3 N–H and O–H groups in total. The molecule has 0 aliphatic rings. The van der Waals surface area contributed by atoms with Crippen molar-refractivity contribution in [1.29, 1.82) is 0 Å². The van der Waals surface area contributed by atoms with Crippen LogP contribution in [-0.4, -0.2) is 47.4 Å². The van der Waals surface area contributed by atoms with Gasteiger partial charge in [0.1, 0.15) is 0 Å². The molecule has 0 aliphatic heterocycles. The number of amides is 1. The Bertz CT molecular complexity index is 1320. The summed E-state index contributed by atoms with van der Waals surface area (Å²) in [5.41, 5.74) is 0. The van der Waals surface area contributed by atoms with Crippen molar-refractivity contribution in [3.05, 3.63) is 60.8 Å². The Hall–Kier alpha value is -2.44. The lowest BCUT2D eigenvalue weighted by atomic mass is 10.0. The maximum atomic E-state index is 12.4. The van der Waals surface area contributed by atoms with E-state index in [1.54, 1.807) is 6.08 Å². The number of allylic oxidation sites excluding steroid dienone is 9. The van der Waals surface area contributed by atoms with Crippen LogP contribution < -0.4 is 5.32 Å². The molecule has 6 heteroatoms. The molecule has 444 valence electrons. The minimum absolute atomic E-state index is 0.00101. The van der Waals surface area contributed by atoms with Crippen molar-refractivity contribution < 1.29 is 24.5 Å². The van der Waals surface area contributed by atoms with Crippen molar-refractivity contribution in [2.45, 2.75) is 360 Å². The Balaban J connectivity index is 3.40. The molecule has 0 radical (unpaired) electrons. The van der Waals surface area contributed by atoms with E-state index in [0.717, 1.165) is 57.8 Å². The molecule has 2 unspecified atom stereocenters. The Kier molecular flexibility index (Phi) is 63.0. The molecule has 76 heavy (non-hydrogen) atoms. The molecule has 6 nitrogen and oxygen atoms in total. The summed E-state index contributed by atoms with van der Waals surface area (Å²) in [5, 5.41) is 23.1. The van der Waals surface area contributed by atoms with Crippen LogP contribution in [0.15, 0.2) is 60.8 Å². The fraction of sp³-hybridized carbons (Fsp3) is 0.829. The predicted octanol–water partition coefficient (Wildman–Crippen LogP) is 21.5. The van der Waals surface area contributed by atoms with Gasteiger partial charge in [-0.15, -0.1) is 0 Å². The van der Waals surface area contributed by atoms with E-state index in [2.05, 4.69) is 67.8 Å². The second kappa shape index (κ2) is 65.1. The molecular formula is C70H129NO5. The van der Waals surface area contributed by atoms with E-state index in [1.807, 2.05) is 6.08 Å². The third-order valence-electron chi connectivity index (χ3n) is 15.3. The van der Waals surface area contributed by atoms with Crippen LogP contribution in [0.1, 0.15) is 348 Å². The number of nitrogens with one attached hydrogen (secondary N) is 1. The minimum atomic E-state index is -0.844. The van der Waals surface area contributed by atoms with Crippen LogP contribution in [0.4, 0.5) is 0 Å². The molecule has 0 heterocycles. The molecule has 0 bridgehead atoms. The first kappa shape index (κ1) is 73.6. The van der Waals surface area contributed by atoms with Gasteiger partial charge in [-0.1, -0.05) is 299 Å². The fourth-order valence-corrected chi connectivity index (χ4v) is 10.1. The van der Waals surface area contributed by atoms with Gasteiger partial charge in [0, 0.05) is 12.8 Å². The van der Waals surface area contributed by atoms with Crippen molar-refractivity contribution in [2.75, 3.05) is 13.2 Å². The molecule has 1 amide bonds. The average Bonchev–Trinajstić information content (AvgIpc) is 3.42. The summed E-state index contributed by atoms with van der Waals surface area (Å²) in [7, 11) is 0. The van der Waals surface area contributed by atoms with Crippen LogP contribution in [0.25, 0.3) is 0 Å². The van der Waals surface area contributed by atoms with Crippen LogP contribution in [-0.2, 0) is 14.3 Å².